The molecule has 1 fully saturated rings. The first-order chi connectivity index (χ1) is 17.8. The summed E-state index contributed by atoms with van der Waals surface area (Å²) in [5, 5.41) is 12.4. The van der Waals surface area contributed by atoms with Crippen molar-refractivity contribution in [1.82, 2.24) is 4.98 Å². The molecule has 7 heteroatoms. The van der Waals surface area contributed by atoms with Crippen LogP contribution in [0.3, 0.4) is 0 Å². The average Bonchev–Trinajstić information content (AvgIpc) is 3.35. The van der Waals surface area contributed by atoms with E-state index in [9.17, 15) is 14.7 Å². The number of hydrogen-bond donors (Lipinski definition) is 2. The third-order valence-corrected chi connectivity index (χ3v) is 6.47. The highest BCUT2D eigenvalue weighted by molar-refractivity contribution is 6.52. The lowest BCUT2D eigenvalue weighted by molar-refractivity contribution is -0.132. The molecule has 1 aromatic heterocycles. The summed E-state index contributed by atoms with van der Waals surface area (Å²) in [6.45, 7) is 5.72. The van der Waals surface area contributed by atoms with E-state index in [1.807, 2.05) is 45.0 Å². The second-order valence-electron chi connectivity index (χ2n) is 9.27. The number of benzene rings is 3. The summed E-state index contributed by atoms with van der Waals surface area (Å²) in [7, 11) is 1.54. The van der Waals surface area contributed by atoms with E-state index in [1.54, 1.807) is 55.6 Å². The number of aliphatic hydroxyl groups is 1. The number of para-hydroxylation sites is 1. The summed E-state index contributed by atoms with van der Waals surface area (Å²) < 4.78 is 11.2. The molecule has 188 valence electrons. The van der Waals surface area contributed by atoms with Crippen LogP contribution in [0.2, 0.25) is 0 Å². The molecule has 1 aliphatic heterocycles. The van der Waals surface area contributed by atoms with Crippen molar-refractivity contribution in [2.24, 2.45) is 0 Å². The van der Waals surface area contributed by atoms with Crippen molar-refractivity contribution in [3.8, 4) is 11.5 Å². The molecule has 0 radical (unpaired) electrons. The Balaban J connectivity index is 1.77. The normalized spacial score (nSPS) is 17.1. The molecule has 5 rings (SSSR count). The zero-order valence-electron chi connectivity index (χ0n) is 21.1. The molecule has 7 nitrogen and oxygen atoms in total. The monoisotopic (exact) mass is 496 g/mol. The molecule has 1 saturated heterocycles. The molecule has 1 atom stereocenters. The molecule has 0 saturated carbocycles. The van der Waals surface area contributed by atoms with Crippen molar-refractivity contribution in [2.75, 3.05) is 12.0 Å². The number of nitrogens with one attached hydrogen (secondary N) is 1. The maximum absolute atomic E-state index is 13.6. The Labute approximate surface area is 214 Å². The highest BCUT2D eigenvalue weighted by Crippen LogP contribution is 2.46. The summed E-state index contributed by atoms with van der Waals surface area (Å²) in [5.41, 5.74) is 3.31. The molecular formula is C30H28N2O5. The number of aryl methyl sites for hydroxylation is 1. The van der Waals surface area contributed by atoms with E-state index in [0.29, 0.717) is 22.7 Å². The Bertz CT molecular complexity index is 1550. The van der Waals surface area contributed by atoms with Crippen LogP contribution in [0.4, 0.5) is 5.69 Å². The number of methoxy groups -OCH3 is 1. The van der Waals surface area contributed by atoms with Crippen LogP contribution in [0.15, 0.2) is 78.4 Å². The number of aromatic nitrogens is 1. The standard InChI is InChI=1S/C30H28N2O5/c1-17(2)37-22-12-7-9-19(15-22)28(33)26-27(25-18(3)31-24-14-6-5-13-23(24)25)32(30(35)29(26)34)20-10-8-11-21(16-20)36-4/h5-17,27,31,33H,1-4H3/b28-26+. The van der Waals surface area contributed by atoms with Crippen LogP contribution in [0.25, 0.3) is 16.7 Å². The fourth-order valence-corrected chi connectivity index (χ4v) is 4.93. The van der Waals surface area contributed by atoms with E-state index in [2.05, 4.69) is 4.98 Å². The smallest absolute Gasteiger partial charge is 0.300 e. The number of H-pyrrole nitrogens is 1. The van der Waals surface area contributed by atoms with Crippen LogP contribution in [0.1, 0.15) is 36.7 Å². The second-order valence-corrected chi connectivity index (χ2v) is 9.27. The first kappa shape index (κ1) is 24.2. The molecule has 37 heavy (non-hydrogen) atoms. The molecule has 1 aliphatic rings. The van der Waals surface area contributed by atoms with Crippen molar-refractivity contribution in [3.05, 3.63) is 95.2 Å². The number of Topliss-reactive ketones (excluding diaryl/α,β-unsaturated/α-hetero) is 1. The Kier molecular flexibility index (Phi) is 6.21. The topological polar surface area (TPSA) is 91.9 Å². The fraction of sp³-hybridized carbons (Fsp3) is 0.200. The highest BCUT2D eigenvalue weighted by Gasteiger charge is 2.48. The molecule has 2 N–H and O–H groups in total. The van der Waals surface area contributed by atoms with Gasteiger partial charge in [-0.1, -0.05) is 36.4 Å². The summed E-state index contributed by atoms with van der Waals surface area (Å²) in [6.07, 6.45) is -0.0649. The van der Waals surface area contributed by atoms with Gasteiger partial charge in [-0.3, -0.25) is 14.5 Å². The molecular weight excluding hydrogens is 468 g/mol. The number of fused-ring (bicyclic) bond motifs is 1. The predicted molar refractivity (Wildman–Crippen MR) is 143 cm³/mol. The van der Waals surface area contributed by atoms with E-state index < -0.39 is 17.7 Å². The number of anilines is 1. The Morgan fingerprint density at radius 3 is 2.46 bits per heavy atom. The molecule has 1 amide bonds. The fourth-order valence-electron chi connectivity index (χ4n) is 4.93. The maximum Gasteiger partial charge on any atom is 0.300 e. The third-order valence-electron chi connectivity index (χ3n) is 6.47. The van der Waals surface area contributed by atoms with Gasteiger partial charge in [0.05, 0.1) is 24.8 Å². The molecule has 0 spiro atoms. The van der Waals surface area contributed by atoms with Crippen LogP contribution >= 0.6 is 0 Å². The van der Waals surface area contributed by atoms with Gasteiger partial charge in [0.2, 0.25) is 0 Å². The first-order valence-electron chi connectivity index (χ1n) is 12.1. The van der Waals surface area contributed by atoms with Crippen molar-refractivity contribution in [3.63, 3.8) is 0 Å². The minimum Gasteiger partial charge on any atom is -0.507 e. The number of aliphatic hydroxyl groups excluding tert-OH is 1. The van der Waals surface area contributed by atoms with Gasteiger partial charge in [-0.15, -0.1) is 0 Å². The van der Waals surface area contributed by atoms with Crippen LogP contribution in [0.5, 0.6) is 11.5 Å². The van der Waals surface area contributed by atoms with E-state index >= 15 is 0 Å². The lowest BCUT2D eigenvalue weighted by Crippen LogP contribution is -2.29. The number of ether oxygens (including phenoxy) is 2. The predicted octanol–water partition coefficient (Wildman–Crippen LogP) is 5.90. The second kappa shape index (κ2) is 9.50. The number of aromatic amines is 1. The summed E-state index contributed by atoms with van der Waals surface area (Å²) >= 11 is 0. The van der Waals surface area contributed by atoms with Gasteiger partial charge in [-0.2, -0.15) is 0 Å². The molecule has 2 heterocycles. The van der Waals surface area contributed by atoms with Crippen molar-refractivity contribution < 1.29 is 24.2 Å². The van der Waals surface area contributed by atoms with Gasteiger partial charge in [-0.25, -0.2) is 0 Å². The average molecular weight is 497 g/mol. The maximum atomic E-state index is 13.6. The first-order valence-corrected chi connectivity index (χ1v) is 12.1. The molecule has 0 bridgehead atoms. The molecule has 1 unspecified atom stereocenters. The van der Waals surface area contributed by atoms with Gasteiger partial charge in [0, 0.05) is 39.5 Å². The summed E-state index contributed by atoms with van der Waals surface area (Å²) in [4.78, 5) is 32.0. The SMILES string of the molecule is COc1cccc(N2C(=O)C(=O)/C(=C(/O)c3cccc(OC(C)C)c3)C2c2c(C)[nH]c3ccccc23)c1. The van der Waals surface area contributed by atoms with Gasteiger partial charge in [0.25, 0.3) is 11.7 Å². The third kappa shape index (κ3) is 4.22. The minimum atomic E-state index is -0.863. The molecule has 3 aromatic carbocycles. The Morgan fingerprint density at radius 1 is 0.973 bits per heavy atom. The van der Waals surface area contributed by atoms with E-state index in [-0.39, 0.29) is 17.4 Å². The van der Waals surface area contributed by atoms with Gasteiger partial charge >= 0.3 is 0 Å². The van der Waals surface area contributed by atoms with Crippen LogP contribution in [0, 0.1) is 6.92 Å². The van der Waals surface area contributed by atoms with Gasteiger partial charge < -0.3 is 19.6 Å². The van der Waals surface area contributed by atoms with E-state index in [4.69, 9.17) is 9.47 Å². The Hall–Kier alpha value is -4.52. The van der Waals surface area contributed by atoms with Crippen LogP contribution < -0.4 is 14.4 Å². The van der Waals surface area contributed by atoms with Gasteiger partial charge in [-0.05, 0) is 51.1 Å². The lowest BCUT2D eigenvalue weighted by atomic mass is 9.93. The number of carbonyl (C=O) groups excluding carboxylic acids is 2. The summed E-state index contributed by atoms with van der Waals surface area (Å²) in [6, 6.07) is 20.7. The number of amides is 1. The van der Waals surface area contributed by atoms with Crippen molar-refractivity contribution >= 4 is 34.0 Å². The molecule has 4 aromatic rings. The van der Waals surface area contributed by atoms with Crippen molar-refractivity contribution in [2.45, 2.75) is 32.9 Å². The zero-order chi connectivity index (χ0) is 26.3. The minimum absolute atomic E-state index is 0.0161. The van der Waals surface area contributed by atoms with Crippen LogP contribution in [-0.4, -0.2) is 35.0 Å². The van der Waals surface area contributed by atoms with Crippen LogP contribution in [-0.2, 0) is 9.59 Å². The number of rotatable bonds is 6. The van der Waals surface area contributed by atoms with Gasteiger partial charge in [0.15, 0.2) is 0 Å². The van der Waals surface area contributed by atoms with Gasteiger partial charge in [0.1, 0.15) is 17.3 Å². The lowest BCUT2D eigenvalue weighted by Gasteiger charge is -2.26. The number of ketones is 1. The largest absolute Gasteiger partial charge is 0.507 e. The Morgan fingerprint density at radius 2 is 1.70 bits per heavy atom. The highest BCUT2D eigenvalue weighted by atomic mass is 16.5. The zero-order valence-corrected chi connectivity index (χ0v) is 21.1. The summed E-state index contributed by atoms with van der Waals surface area (Å²) in [5.74, 6) is -0.634. The number of nitrogens with zero attached hydrogens (tertiary/aromatic N) is 1. The number of hydrogen-bond acceptors (Lipinski definition) is 5. The molecule has 0 aliphatic carbocycles. The van der Waals surface area contributed by atoms with E-state index in [1.165, 1.54) is 4.90 Å². The quantitative estimate of drug-likeness (QED) is 0.197. The number of carbonyl (C=O) groups is 2. The van der Waals surface area contributed by atoms with E-state index in [0.717, 1.165) is 22.2 Å². The van der Waals surface area contributed by atoms with Crippen molar-refractivity contribution in [1.29, 1.82) is 0 Å².